The van der Waals surface area contributed by atoms with Gasteiger partial charge in [-0.05, 0) is 44.2 Å². The average Bonchev–Trinajstić information content (AvgIpc) is 2.70. The molecule has 0 saturated heterocycles. The Labute approximate surface area is 111 Å². The Hall–Kier alpha value is -1.08. The fourth-order valence-electron chi connectivity index (χ4n) is 2.70. The fraction of sp³-hybridized carbons (Fsp3) is 0.529. The zero-order chi connectivity index (χ0) is 12.6. The van der Waals surface area contributed by atoms with Crippen LogP contribution in [0.2, 0.25) is 0 Å². The minimum absolute atomic E-state index is 0.434. The van der Waals surface area contributed by atoms with Crippen molar-refractivity contribution in [3.05, 3.63) is 47.5 Å². The van der Waals surface area contributed by atoms with E-state index in [1.807, 2.05) is 0 Å². The molecule has 1 nitrogen and oxygen atoms in total. The second kappa shape index (κ2) is 7.38. The Morgan fingerprint density at radius 2 is 1.94 bits per heavy atom. The van der Waals surface area contributed by atoms with Crippen LogP contribution in [0.3, 0.4) is 0 Å². The summed E-state index contributed by atoms with van der Waals surface area (Å²) in [5, 5.41) is 3.71. The summed E-state index contributed by atoms with van der Waals surface area (Å²) in [5.74, 6) is 0. The Morgan fingerprint density at radius 1 is 1.11 bits per heavy atom. The van der Waals surface area contributed by atoms with Crippen LogP contribution in [0.25, 0.3) is 0 Å². The molecule has 1 N–H and O–H groups in total. The lowest BCUT2D eigenvalue weighted by atomic mass is 9.95. The molecule has 18 heavy (non-hydrogen) atoms. The molecule has 1 aliphatic rings. The van der Waals surface area contributed by atoms with E-state index in [1.165, 1.54) is 44.1 Å². The fourth-order valence-corrected chi connectivity index (χ4v) is 2.70. The Morgan fingerprint density at radius 3 is 2.72 bits per heavy atom. The summed E-state index contributed by atoms with van der Waals surface area (Å²) in [5.41, 5.74) is 3.02. The van der Waals surface area contributed by atoms with Crippen LogP contribution in [0.4, 0.5) is 0 Å². The minimum atomic E-state index is 0.434. The molecule has 2 rings (SSSR count). The number of rotatable bonds is 5. The maximum atomic E-state index is 3.71. The van der Waals surface area contributed by atoms with Crippen LogP contribution in [0.5, 0.6) is 0 Å². The zero-order valence-electron chi connectivity index (χ0n) is 11.5. The van der Waals surface area contributed by atoms with Gasteiger partial charge >= 0.3 is 0 Å². The van der Waals surface area contributed by atoms with Gasteiger partial charge in [0.2, 0.25) is 0 Å². The van der Waals surface area contributed by atoms with E-state index in [0.29, 0.717) is 6.04 Å². The molecule has 1 aliphatic carbocycles. The van der Waals surface area contributed by atoms with Gasteiger partial charge in [0, 0.05) is 0 Å². The standard InChI is InChI=1S/C17H25N/c1-2-14-18-17(16-12-8-5-9-13-16)15-10-6-3-4-7-11-15/h5,8-10,12-13,17-18H,2-4,6-7,11,14H2,1H3. The molecular formula is C17H25N. The summed E-state index contributed by atoms with van der Waals surface area (Å²) in [7, 11) is 0. The molecule has 0 amide bonds. The van der Waals surface area contributed by atoms with Crippen molar-refractivity contribution in [2.45, 2.75) is 51.5 Å². The molecule has 0 heterocycles. The predicted octanol–water partition coefficient (Wildman–Crippen LogP) is 4.62. The van der Waals surface area contributed by atoms with Gasteiger partial charge in [-0.3, -0.25) is 0 Å². The molecule has 1 unspecified atom stereocenters. The maximum Gasteiger partial charge on any atom is 0.0536 e. The van der Waals surface area contributed by atoms with E-state index in [0.717, 1.165) is 6.54 Å². The topological polar surface area (TPSA) is 12.0 Å². The van der Waals surface area contributed by atoms with E-state index in [-0.39, 0.29) is 0 Å². The molecule has 0 bridgehead atoms. The van der Waals surface area contributed by atoms with Crippen molar-refractivity contribution >= 4 is 0 Å². The van der Waals surface area contributed by atoms with Crippen molar-refractivity contribution in [2.24, 2.45) is 0 Å². The molecular weight excluding hydrogens is 218 g/mol. The lowest BCUT2D eigenvalue weighted by Gasteiger charge is -2.22. The third-order valence-corrected chi connectivity index (χ3v) is 3.68. The van der Waals surface area contributed by atoms with Crippen molar-refractivity contribution in [1.82, 2.24) is 5.32 Å². The van der Waals surface area contributed by atoms with Crippen LogP contribution < -0.4 is 5.32 Å². The molecule has 1 aromatic carbocycles. The van der Waals surface area contributed by atoms with E-state index in [4.69, 9.17) is 0 Å². The highest BCUT2D eigenvalue weighted by molar-refractivity contribution is 5.28. The van der Waals surface area contributed by atoms with Crippen LogP contribution in [0, 0.1) is 0 Å². The van der Waals surface area contributed by atoms with Crippen molar-refractivity contribution in [1.29, 1.82) is 0 Å². The van der Waals surface area contributed by atoms with Crippen LogP contribution in [-0.2, 0) is 0 Å². The van der Waals surface area contributed by atoms with Gasteiger partial charge in [-0.1, -0.05) is 55.3 Å². The first-order valence-electron chi connectivity index (χ1n) is 7.39. The summed E-state index contributed by atoms with van der Waals surface area (Å²) in [6.07, 6.45) is 10.3. The summed E-state index contributed by atoms with van der Waals surface area (Å²) in [6.45, 7) is 3.33. The second-order valence-corrected chi connectivity index (χ2v) is 5.18. The largest absolute Gasteiger partial charge is 0.307 e. The van der Waals surface area contributed by atoms with Gasteiger partial charge < -0.3 is 5.32 Å². The first kappa shape index (κ1) is 13.4. The van der Waals surface area contributed by atoms with E-state index >= 15 is 0 Å². The molecule has 0 spiro atoms. The number of nitrogens with one attached hydrogen (secondary N) is 1. The van der Waals surface area contributed by atoms with Gasteiger partial charge in [-0.15, -0.1) is 0 Å². The van der Waals surface area contributed by atoms with Gasteiger partial charge in [0.15, 0.2) is 0 Å². The summed E-state index contributed by atoms with van der Waals surface area (Å²) in [6, 6.07) is 11.3. The third-order valence-electron chi connectivity index (χ3n) is 3.68. The van der Waals surface area contributed by atoms with Gasteiger partial charge in [0.1, 0.15) is 0 Å². The lowest BCUT2D eigenvalue weighted by molar-refractivity contribution is 0.567. The molecule has 0 radical (unpaired) electrons. The molecule has 0 fully saturated rings. The molecule has 98 valence electrons. The van der Waals surface area contributed by atoms with Crippen LogP contribution in [0.1, 0.15) is 57.1 Å². The molecule has 1 aromatic rings. The van der Waals surface area contributed by atoms with Crippen molar-refractivity contribution in [3.8, 4) is 0 Å². The van der Waals surface area contributed by atoms with Crippen molar-refractivity contribution in [3.63, 3.8) is 0 Å². The first-order chi connectivity index (χ1) is 8.92. The molecule has 0 saturated carbocycles. The van der Waals surface area contributed by atoms with E-state index in [2.05, 4.69) is 48.6 Å². The highest BCUT2D eigenvalue weighted by Crippen LogP contribution is 2.29. The average molecular weight is 243 g/mol. The van der Waals surface area contributed by atoms with Crippen LogP contribution in [-0.4, -0.2) is 6.54 Å². The van der Waals surface area contributed by atoms with E-state index < -0.39 is 0 Å². The minimum Gasteiger partial charge on any atom is -0.307 e. The van der Waals surface area contributed by atoms with E-state index in [1.54, 1.807) is 5.57 Å². The number of benzene rings is 1. The van der Waals surface area contributed by atoms with Gasteiger partial charge in [0.25, 0.3) is 0 Å². The van der Waals surface area contributed by atoms with Crippen LogP contribution >= 0.6 is 0 Å². The molecule has 0 aromatic heterocycles. The molecule has 1 atom stereocenters. The monoisotopic (exact) mass is 243 g/mol. The van der Waals surface area contributed by atoms with Crippen LogP contribution in [0.15, 0.2) is 42.0 Å². The maximum absolute atomic E-state index is 3.71. The van der Waals surface area contributed by atoms with Gasteiger partial charge in [0.05, 0.1) is 6.04 Å². The Balaban J connectivity index is 2.16. The van der Waals surface area contributed by atoms with Gasteiger partial charge in [-0.2, -0.15) is 0 Å². The number of hydrogen-bond donors (Lipinski definition) is 1. The second-order valence-electron chi connectivity index (χ2n) is 5.18. The molecule has 0 aliphatic heterocycles. The zero-order valence-corrected chi connectivity index (χ0v) is 11.5. The predicted molar refractivity (Wildman–Crippen MR) is 78.6 cm³/mol. The Kier molecular flexibility index (Phi) is 5.47. The first-order valence-corrected chi connectivity index (χ1v) is 7.39. The lowest BCUT2D eigenvalue weighted by Crippen LogP contribution is -2.24. The SMILES string of the molecule is CCCNC(C1=CCCCCC1)c1ccccc1. The normalized spacial score (nSPS) is 17.9. The highest BCUT2D eigenvalue weighted by atomic mass is 14.9. The number of hydrogen-bond acceptors (Lipinski definition) is 1. The molecule has 1 heteroatoms. The highest BCUT2D eigenvalue weighted by Gasteiger charge is 2.16. The quantitative estimate of drug-likeness (QED) is 0.744. The van der Waals surface area contributed by atoms with Crippen molar-refractivity contribution < 1.29 is 0 Å². The summed E-state index contributed by atoms with van der Waals surface area (Å²) >= 11 is 0. The third kappa shape index (κ3) is 3.71. The number of allylic oxidation sites excluding steroid dienone is 1. The van der Waals surface area contributed by atoms with E-state index in [9.17, 15) is 0 Å². The van der Waals surface area contributed by atoms with Crippen molar-refractivity contribution in [2.75, 3.05) is 6.54 Å². The summed E-state index contributed by atoms with van der Waals surface area (Å²) in [4.78, 5) is 0. The summed E-state index contributed by atoms with van der Waals surface area (Å²) < 4.78 is 0. The smallest absolute Gasteiger partial charge is 0.0536 e. The Bertz CT molecular complexity index is 366. The van der Waals surface area contributed by atoms with Gasteiger partial charge in [-0.25, -0.2) is 0 Å².